The quantitative estimate of drug-likeness (QED) is 0.350. The number of carbonyl (C=O) groups is 3. The first kappa shape index (κ1) is 31.9. The van der Waals surface area contributed by atoms with Gasteiger partial charge in [0.15, 0.2) is 0 Å². The molecule has 3 N–H and O–H groups in total. The minimum Gasteiger partial charge on any atom is -0.496 e. The van der Waals surface area contributed by atoms with Crippen molar-refractivity contribution in [2.75, 3.05) is 24.8 Å². The number of amides is 3. The SMILES string of the molecule is CCC(C)C1CCC(C(=O)Nc2ccc(C)c(OC)c2)CC1.CCc1c(C)cc(C(=O)NC)cc1NC(C)=O. The molecule has 2 aromatic carbocycles. The van der Waals surface area contributed by atoms with Gasteiger partial charge in [-0.2, -0.15) is 0 Å². The monoisotopic (exact) mass is 537 g/mol. The van der Waals surface area contributed by atoms with Crippen LogP contribution in [0.1, 0.15) is 86.8 Å². The summed E-state index contributed by atoms with van der Waals surface area (Å²) in [5.74, 6) is 2.44. The van der Waals surface area contributed by atoms with Crippen LogP contribution in [-0.2, 0) is 16.0 Å². The van der Waals surface area contributed by atoms with E-state index in [0.717, 1.165) is 64.9 Å². The minimum atomic E-state index is -0.151. The van der Waals surface area contributed by atoms with Gasteiger partial charge in [0.2, 0.25) is 11.8 Å². The first-order valence-corrected chi connectivity index (χ1v) is 14.1. The van der Waals surface area contributed by atoms with Crippen molar-refractivity contribution in [2.45, 2.75) is 80.1 Å². The van der Waals surface area contributed by atoms with Crippen LogP contribution in [0.25, 0.3) is 0 Å². The van der Waals surface area contributed by atoms with E-state index in [-0.39, 0.29) is 23.6 Å². The molecule has 1 atom stereocenters. The molecule has 0 heterocycles. The molecular formula is C32H47N3O4. The van der Waals surface area contributed by atoms with Crippen LogP contribution < -0.4 is 20.7 Å². The van der Waals surface area contributed by atoms with Crippen LogP contribution in [-0.4, -0.2) is 31.9 Å². The summed E-state index contributed by atoms with van der Waals surface area (Å²) >= 11 is 0. The molecule has 3 rings (SSSR count). The van der Waals surface area contributed by atoms with Gasteiger partial charge in [0, 0.05) is 42.9 Å². The van der Waals surface area contributed by atoms with Crippen molar-refractivity contribution in [1.82, 2.24) is 5.32 Å². The van der Waals surface area contributed by atoms with Crippen LogP contribution in [0.2, 0.25) is 0 Å². The van der Waals surface area contributed by atoms with Crippen molar-refractivity contribution < 1.29 is 19.1 Å². The van der Waals surface area contributed by atoms with Crippen molar-refractivity contribution in [1.29, 1.82) is 0 Å². The summed E-state index contributed by atoms with van der Waals surface area (Å²) in [4.78, 5) is 35.2. The molecule has 1 aliphatic rings. The lowest BCUT2D eigenvalue weighted by molar-refractivity contribution is -0.121. The Labute approximate surface area is 234 Å². The number of aryl methyl sites for hydroxylation is 2. The van der Waals surface area contributed by atoms with Crippen molar-refractivity contribution in [3.63, 3.8) is 0 Å². The number of benzene rings is 2. The van der Waals surface area contributed by atoms with Gasteiger partial charge in [0.25, 0.3) is 5.91 Å². The molecule has 39 heavy (non-hydrogen) atoms. The Kier molecular flexibility index (Phi) is 12.5. The van der Waals surface area contributed by atoms with Gasteiger partial charge >= 0.3 is 0 Å². The van der Waals surface area contributed by atoms with Gasteiger partial charge in [-0.05, 0) is 92.7 Å². The maximum absolute atomic E-state index is 12.4. The van der Waals surface area contributed by atoms with Gasteiger partial charge < -0.3 is 20.7 Å². The Balaban J connectivity index is 0.000000283. The highest BCUT2D eigenvalue weighted by atomic mass is 16.5. The molecule has 0 bridgehead atoms. The third kappa shape index (κ3) is 9.12. The van der Waals surface area contributed by atoms with Crippen molar-refractivity contribution >= 4 is 29.1 Å². The number of nitrogens with one attached hydrogen (secondary N) is 3. The standard InChI is InChI=1S/C19H29NO2.C13H18N2O2/c1-5-13(2)15-7-9-16(10-8-15)19(21)20-17-11-6-14(3)18(12-17)22-4;1-5-11-8(2)6-10(13(17)14-4)7-12(11)15-9(3)16/h6,11-13,15-16H,5,7-10H2,1-4H3,(H,20,21);6-7H,5H2,1-4H3,(H,14,17)(H,15,16). The molecule has 1 saturated carbocycles. The molecule has 214 valence electrons. The first-order valence-electron chi connectivity index (χ1n) is 14.1. The third-order valence-corrected chi connectivity index (χ3v) is 7.89. The topological polar surface area (TPSA) is 96.5 Å². The van der Waals surface area contributed by atoms with E-state index in [1.54, 1.807) is 20.2 Å². The summed E-state index contributed by atoms with van der Waals surface area (Å²) in [6.07, 6.45) is 6.46. The van der Waals surface area contributed by atoms with Crippen molar-refractivity contribution in [3.05, 3.63) is 52.6 Å². The van der Waals surface area contributed by atoms with Gasteiger partial charge in [0.05, 0.1) is 7.11 Å². The molecule has 1 aliphatic carbocycles. The van der Waals surface area contributed by atoms with Gasteiger partial charge in [-0.1, -0.05) is 33.3 Å². The van der Waals surface area contributed by atoms with E-state index in [2.05, 4.69) is 29.8 Å². The number of ether oxygens (including phenoxy) is 1. The van der Waals surface area contributed by atoms with E-state index in [9.17, 15) is 14.4 Å². The zero-order valence-electron chi connectivity index (χ0n) is 25.0. The largest absolute Gasteiger partial charge is 0.496 e. The minimum absolute atomic E-state index is 0.131. The molecule has 0 radical (unpaired) electrons. The predicted octanol–water partition coefficient (Wildman–Crippen LogP) is 6.67. The second kappa shape index (κ2) is 15.3. The molecule has 1 fully saturated rings. The van der Waals surface area contributed by atoms with Crippen LogP contribution >= 0.6 is 0 Å². The smallest absolute Gasteiger partial charge is 0.251 e. The van der Waals surface area contributed by atoms with Crippen LogP contribution in [0.5, 0.6) is 5.75 Å². The second-order valence-electron chi connectivity index (χ2n) is 10.6. The second-order valence-corrected chi connectivity index (χ2v) is 10.6. The van der Waals surface area contributed by atoms with Gasteiger partial charge in [0.1, 0.15) is 5.75 Å². The predicted molar refractivity (Wildman–Crippen MR) is 160 cm³/mol. The van der Waals surface area contributed by atoms with Crippen LogP contribution in [0.15, 0.2) is 30.3 Å². The summed E-state index contributed by atoms with van der Waals surface area (Å²) in [7, 11) is 3.24. The first-order chi connectivity index (χ1) is 18.5. The third-order valence-electron chi connectivity index (χ3n) is 7.89. The van der Waals surface area contributed by atoms with E-state index in [1.165, 1.54) is 26.2 Å². The van der Waals surface area contributed by atoms with E-state index in [4.69, 9.17) is 4.74 Å². The van der Waals surface area contributed by atoms with Crippen molar-refractivity contribution in [2.24, 2.45) is 17.8 Å². The zero-order chi connectivity index (χ0) is 29.1. The van der Waals surface area contributed by atoms with Gasteiger partial charge in [-0.15, -0.1) is 0 Å². The number of methoxy groups -OCH3 is 1. The van der Waals surface area contributed by atoms with Gasteiger partial charge in [-0.3, -0.25) is 14.4 Å². The highest BCUT2D eigenvalue weighted by Crippen LogP contribution is 2.35. The summed E-state index contributed by atoms with van der Waals surface area (Å²) in [5.41, 5.74) is 5.26. The van der Waals surface area contributed by atoms with Crippen LogP contribution in [0, 0.1) is 31.6 Å². The number of hydrogen-bond acceptors (Lipinski definition) is 4. The fourth-order valence-corrected chi connectivity index (χ4v) is 5.29. The molecule has 1 unspecified atom stereocenters. The number of rotatable bonds is 8. The Hall–Kier alpha value is -3.35. The highest BCUT2D eigenvalue weighted by Gasteiger charge is 2.28. The Morgan fingerprint density at radius 2 is 1.64 bits per heavy atom. The fourth-order valence-electron chi connectivity index (χ4n) is 5.29. The molecule has 0 aliphatic heterocycles. The summed E-state index contributed by atoms with van der Waals surface area (Å²) in [6, 6.07) is 9.38. The summed E-state index contributed by atoms with van der Waals surface area (Å²) < 4.78 is 5.31. The lowest BCUT2D eigenvalue weighted by Gasteiger charge is -2.31. The van der Waals surface area contributed by atoms with E-state index in [0.29, 0.717) is 5.56 Å². The normalized spacial score (nSPS) is 17.2. The average Bonchev–Trinajstić information content (AvgIpc) is 2.93. The lowest BCUT2D eigenvalue weighted by Crippen LogP contribution is -2.28. The van der Waals surface area contributed by atoms with Crippen LogP contribution in [0.3, 0.4) is 0 Å². The molecule has 0 saturated heterocycles. The Bertz CT molecular complexity index is 1140. The molecule has 7 heteroatoms. The van der Waals surface area contributed by atoms with Crippen LogP contribution in [0.4, 0.5) is 11.4 Å². The number of hydrogen-bond donors (Lipinski definition) is 3. The highest BCUT2D eigenvalue weighted by molar-refractivity contribution is 5.97. The Morgan fingerprint density at radius 1 is 0.974 bits per heavy atom. The zero-order valence-corrected chi connectivity index (χ0v) is 25.0. The number of anilines is 2. The lowest BCUT2D eigenvalue weighted by atomic mass is 9.75. The Morgan fingerprint density at radius 3 is 2.18 bits per heavy atom. The van der Waals surface area contributed by atoms with E-state index >= 15 is 0 Å². The molecule has 3 amide bonds. The van der Waals surface area contributed by atoms with E-state index in [1.807, 2.05) is 45.0 Å². The number of carbonyl (C=O) groups excluding carboxylic acids is 3. The molecular weight excluding hydrogens is 490 g/mol. The summed E-state index contributed by atoms with van der Waals surface area (Å²) in [6.45, 7) is 12.0. The average molecular weight is 538 g/mol. The molecule has 0 aromatic heterocycles. The van der Waals surface area contributed by atoms with E-state index < -0.39 is 0 Å². The summed E-state index contributed by atoms with van der Waals surface area (Å²) in [5, 5.41) is 8.39. The fraction of sp³-hybridized carbons (Fsp3) is 0.531. The van der Waals surface area contributed by atoms with Gasteiger partial charge in [-0.25, -0.2) is 0 Å². The maximum Gasteiger partial charge on any atom is 0.251 e. The maximum atomic E-state index is 12.4. The molecule has 0 spiro atoms. The van der Waals surface area contributed by atoms with Crippen molar-refractivity contribution in [3.8, 4) is 5.75 Å². The molecule has 7 nitrogen and oxygen atoms in total. The molecule has 2 aromatic rings.